The lowest BCUT2D eigenvalue weighted by Gasteiger charge is -2.19. The lowest BCUT2D eigenvalue weighted by molar-refractivity contribution is 0.407. The number of hydrogen-bond donors (Lipinski definition) is 1. The Balaban J connectivity index is 2.51. The van der Waals surface area contributed by atoms with E-state index in [0.717, 1.165) is 16.9 Å². The molecule has 2 aromatic rings. The Hall–Kier alpha value is -1.80. The van der Waals surface area contributed by atoms with Crippen LogP contribution in [0.1, 0.15) is 33.9 Å². The Morgan fingerprint density at radius 2 is 1.47 bits per heavy atom. The van der Waals surface area contributed by atoms with Crippen LogP contribution in [0, 0.1) is 20.8 Å². The van der Waals surface area contributed by atoms with Crippen LogP contribution in [0.15, 0.2) is 36.4 Å². The van der Waals surface area contributed by atoms with Crippen LogP contribution >= 0.6 is 0 Å². The summed E-state index contributed by atoms with van der Waals surface area (Å²) in [6.07, 6.45) is 0. The van der Waals surface area contributed by atoms with Gasteiger partial charge in [0.15, 0.2) is 0 Å². The minimum absolute atomic E-state index is 0.158. The third-order valence-electron chi connectivity index (χ3n) is 3.49. The van der Waals surface area contributed by atoms with Gasteiger partial charge in [0.05, 0.1) is 13.2 Å². The molecule has 0 saturated carbocycles. The number of hydrogen-bond acceptors (Lipinski definition) is 2. The second-order valence-electron chi connectivity index (χ2n) is 5.08. The topological polar surface area (TPSA) is 35.2 Å². The molecule has 2 aromatic carbocycles. The fourth-order valence-electron chi connectivity index (χ4n) is 2.36. The number of methoxy groups -OCH3 is 1. The van der Waals surface area contributed by atoms with Crippen molar-refractivity contribution < 1.29 is 4.74 Å². The minimum Gasteiger partial charge on any atom is -0.496 e. The van der Waals surface area contributed by atoms with Gasteiger partial charge in [-0.05, 0) is 38.0 Å². The predicted octanol–water partition coefficient (Wildman–Crippen LogP) is 3.67. The van der Waals surface area contributed by atoms with E-state index >= 15 is 0 Å². The van der Waals surface area contributed by atoms with Crippen molar-refractivity contribution in [1.82, 2.24) is 0 Å². The van der Waals surface area contributed by atoms with Crippen molar-refractivity contribution in [2.75, 3.05) is 7.11 Å². The monoisotopic (exact) mass is 255 g/mol. The van der Waals surface area contributed by atoms with E-state index in [1.54, 1.807) is 7.11 Å². The van der Waals surface area contributed by atoms with Gasteiger partial charge in [-0.3, -0.25) is 0 Å². The Kier molecular flexibility index (Phi) is 3.91. The predicted molar refractivity (Wildman–Crippen MR) is 79.7 cm³/mol. The second-order valence-corrected chi connectivity index (χ2v) is 5.08. The lowest BCUT2D eigenvalue weighted by Crippen LogP contribution is -2.15. The molecule has 0 aliphatic rings. The van der Waals surface area contributed by atoms with Gasteiger partial charge in [-0.25, -0.2) is 0 Å². The molecule has 0 saturated heterocycles. The molecule has 0 bridgehead atoms. The van der Waals surface area contributed by atoms with Crippen LogP contribution < -0.4 is 10.5 Å². The first-order valence-corrected chi connectivity index (χ1v) is 6.50. The van der Waals surface area contributed by atoms with Crippen molar-refractivity contribution in [2.45, 2.75) is 26.8 Å². The molecule has 1 unspecified atom stereocenters. The maximum absolute atomic E-state index is 6.45. The third-order valence-corrected chi connectivity index (χ3v) is 3.49. The molecule has 2 N–H and O–H groups in total. The van der Waals surface area contributed by atoms with Gasteiger partial charge >= 0.3 is 0 Å². The summed E-state index contributed by atoms with van der Waals surface area (Å²) in [6, 6.07) is 12.3. The van der Waals surface area contributed by atoms with E-state index in [1.165, 1.54) is 16.7 Å². The van der Waals surface area contributed by atoms with Gasteiger partial charge in [-0.15, -0.1) is 0 Å². The Bertz CT molecular complexity index is 590. The molecular weight excluding hydrogens is 234 g/mol. The van der Waals surface area contributed by atoms with Crippen LogP contribution in [0.3, 0.4) is 0 Å². The first-order chi connectivity index (χ1) is 9.02. The number of rotatable bonds is 3. The van der Waals surface area contributed by atoms with Gasteiger partial charge in [-0.2, -0.15) is 0 Å². The Morgan fingerprint density at radius 3 is 2.11 bits per heavy atom. The quantitative estimate of drug-likeness (QED) is 0.908. The van der Waals surface area contributed by atoms with E-state index in [4.69, 9.17) is 10.5 Å². The summed E-state index contributed by atoms with van der Waals surface area (Å²) in [5.74, 6) is 0.846. The number of benzene rings is 2. The standard InChI is InChI=1S/C17H21NO/c1-11-5-7-13(3)14(9-11)17(18)15-10-12(2)6-8-16(15)19-4/h5-10,17H,18H2,1-4H3. The van der Waals surface area contributed by atoms with Gasteiger partial charge in [0.1, 0.15) is 5.75 Å². The molecule has 100 valence electrons. The third kappa shape index (κ3) is 2.79. The van der Waals surface area contributed by atoms with Crippen molar-refractivity contribution in [2.24, 2.45) is 5.73 Å². The number of nitrogens with two attached hydrogens (primary N) is 1. The molecule has 0 amide bonds. The zero-order valence-corrected chi connectivity index (χ0v) is 12.0. The number of aryl methyl sites for hydroxylation is 3. The molecule has 0 aliphatic carbocycles. The molecule has 0 aromatic heterocycles. The summed E-state index contributed by atoms with van der Waals surface area (Å²) in [5, 5.41) is 0. The van der Waals surface area contributed by atoms with E-state index in [2.05, 4.69) is 45.0 Å². The van der Waals surface area contributed by atoms with Crippen molar-refractivity contribution in [3.63, 3.8) is 0 Å². The summed E-state index contributed by atoms with van der Waals surface area (Å²) < 4.78 is 5.43. The van der Waals surface area contributed by atoms with Crippen LogP contribution in [-0.2, 0) is 0 Å². The maximum atomic E-state index is 6.45. The van der Waals surface area contributed by atoms with Crippen molar-refractivity contribution in [3.05, 3.63) is 64.2 Å². The van der Waals surface area contributed by atoms with Gasteiger partial charge in [-0.1, -0.05) is 41.5 Å². The molecule has 2 nitrogen and oxygen atoms in total. The first-order valence-electron chi connectivity index (χ1n) is 6.50. The molecule has 19 heavy (non-hydrogen) atoms. The molecule has 0 radical (unpaired) electrons. The van der Waals surface area contributed by atoms with Gasteiger partial charge in [0.25, 0.3) is 0 Å². The molecule has 0 aliphatic heterocycles. The SMILES string of the molecule is COc1ccc(C)cc1C(N)c1cc(C)ccc1C. The van der Waals surface area contributed by atoms with E-state index in [-0.39, 0.29) is 6.04 Å². The molecule has 0 spiro atoms. The van der Waals surface area contributed by atoms with E-state index in [1.807, 2.05) is 12.1 Å². The van der Waals surface area contributed by atoms with Crippen molar-refractivity contribution in [3.8, 4) is 5.75 Å². The van der Waals surface area contributed by atoms with Gasteiger partial charge in [0, 0.05) is 5.56 Å². The highest BCUT2D eigenvalue weighted by atomic mass is 16.5. The van der Waals surface area contributed by atoms with Crippen molar-refractivity contribution in [1.29, 1.82) is 0 Å². The van der Waals surface area contributed by atoms with E-state index in [9.17, 15) is 0 Å². The van der Waals surface area contributed by atoms with Gasteiger partial charge in [0.2, 0.25) is 0 Å². The smallest absolute Gasteiger partial charge is 0.123 e. The fourth-order valence-corrected chi connectivity index (χ4v) is 2.36. The highest BCUT2D eigenvalue weighted by molar-refractivity contribution is 5.46. The van der Waals surface area contributed by atoms with Crippen LogP contribution in [0.25, 0.3) is 0 Å². The maximum Gasteiger partial charge on any atom is 0.123 e. The molecular formula is C17H21NO. The Morgan fingerprint density at radius 1 is 0.895 bits per heavy atom. The zero-order valence-electron chi connectivity index (χ0n) is 12.0. The molecule has 1 atom stereocenters. The molecule has 0 heterocycles. The normalized spacial score (nSPS) is 12.3. The summed E-state index contributed by atoms with van der Waals surface area (Å²) in [7, 11) is 1.68. The summed E-state index contributed by atoms with van der Waals surface area (Å²) >= 11 is 0. The van der Waals surface area contributed by atoms with Crippen LogP contribution in [-0.4, -0.2) is 7.11 Å². The average molecular weight is 255 g/mol. The van der Waals surface area contributed by atoms with Crippen LogP contribution in [0.2, 0.25) is 0 Å². The Labute approximate surface area is 115 Å². The first kappa shape index (κ1) is 13.6. The average Bonchev–Trinajstić information content (AvgIpc) is 2.40. The fraction of sp³-hybridized carbons (Fsp3) is 0.294. The van der Waals surface area contributed by atoms with Crippen LogP contribution in [0.4, 0.5) is 0 Å². The lowest BCUT2D eigenvalue weighted by atomic mass is 9.93. The second kappa shape index (κ2) is 5.45. The highest BCUT2D eigenvalue weighted by Gasteiger charge is 2.16. The van der Waals surface area contributed by atoms with E-state index in [0.29, 0.717) is 0 Å². The van der Waals surface area contributed by atoms with E-state index < -0.39 is 0 Å². The molecule has 2 rings (SSSR count). The highest BCUT2D eigenvalue weighted by Crippen LogP contribution is 2.31. The van der Waals surface area contributed by atoms with Crippen LogP contribution in [0.5, 0.6) is 5.75 Å². The number of ether oxygens (including phenoxy) is 1. The summed E-state index contributed by atoms with van der Waals surface area (Å²) in [6.45, 7) is 6.25. The largest absolute Gasteiger partial charge is 0.496 e. The minimum atomic E-state index is -0.158. The molecule has 2 heteroatoms. The zero-order chi connectivity index (χ0) is 14.0. The molecule has 0 fully saturated rings. The summed E-state index contributed by atoms with van der Waals surface area (Å²) in [5.41, 5.74) is 12.3. The van der Waals surface area contributed by atoms with Crippen molar-refractivity contribution >= 4 is 0 Å². The van der Waals surface area contributed by atoms with Gasteiger partial charge < -0.3 is 10.5 Å². The summed E-state index contributed by atoms with van der Waals surface area (Å²) in [4.78, 5) is 0.